The summed E-state index contributed by atoms with van der Waals surface area (Å²) in [7, 11) is 1.73. The Hall–Kier alpha value is -1.02. The van der Waals surface area contributed by atoms with Gasteiger partial charge >= 0.3 is 0 Å². The van der Waals surface area contributed by atoms with Gasteiger partial charge in [-0.25, -0.2) is 0 Å². The van der Waals surface area contributed by atoms with Gasteiger partial charge < -0.3 is 10.1 Å². The zero-order valence-corrected chi connectivity index (χ0v) is 13.1. The molecule has 2 nitrogen and oxygen atoms in total. The van der Waals surface area contributed by atoms with E-state index < -0.39 is 0 Å². The number of hydrogen-bond donors (Lipinski definition) is 1. The SMILES string of the molecule is COc1ccccc1C(C)NCC1C(C)(C)C1(C)C. The van der Waals surface area contributed by atoms with E-state index in [-0.39, 0.29) is 0 Å². The number of nitrogens with one attached hydrogen (secondary N) is 1. The van der Waals surface area contributed by atoms with Gasteiger partial charge in [-0.05, 0) is 36.3 Å². The molecule has 1 aromatic rings. The van der Waals surface area contributed by atoms with Crippen molar-refractivity contribution in [3.05, 3.63) is 29.8 Å². The van der Waals surface area contributed by atoms with Crippen LogP contribution in [0.3, 0.4) is 0 Å². The molecule has 2 heteroatoms. The molecule has 1 aliphatic carbocycles. The van der Waals surface area contributed by atoms with Crippen LogP contribution in [0.4, 0.5) is 0 Å². The van der Waals surface area contributed by atoms with Crippen molar-refractivity contribution >= 4 is 0 Å². The van der Waals surface area contributed by atoms with Gasteiger partial charge in [0, 0.05) is 11.6 Å². The van der Waals surface area contributed by atoms with Gasteiger partial charge in [-0.15, -0.1) is 0 Å². The third-order valence-electron chi connectivity index (χ3n) is 5.55. The van der Waals surface area contributed by atoms with Crippen LogP contribution in [-0.4, -0.2) is 13.7 Å². The first-order valence-corrected chi connectivity index (χ1v) is 7.18. The van der Waals surface area contributed by atoms with Gasteiger partial charge in [0.15, 0.2) is 0 Å². The van der Waals surface area contributed by atoms with Crippen LogP contribution in [0.15, 0.2) is 24.3 Å². The Labute approximate surface area is 117 Å². The minimum absolute atomic E-state index is 0.323. The maximum Gasteiger partial charge on any atom is 0.123 e. The van der Waals surface area contributed by atoms with Crippen molar-refractivity contribution in [1.82, 2.24) is 5.32 Å². The van der Waals surface area contributed by atoms with E-state index in [0.717, 1.165) is 18.2 Å². The minimum atomic E-state index is 0.323. The largest absolute Gasteiger partial charge is 0.496 e. The standard InChI is InChI=1S/C17H27NO/c1-12(13-9-7-8-10-14(13)19-6)18-11-15-16(2,3)17(15,4)5/h7-10,12,15,18H,11H2,1-6H3. The summed E-state index contributed by atoms with van der Waals surface area (Å²) in [6, 6.07) is 8.57. The first-order chi connectivity index (χ1) is 8.82. The highest BCUT2D eigenvalue weighted by Crippen LogP contribution is 2.68. The van der Waals surface area contributed by atoms with E-state index in [0.29, 0.717) is 16.9 Å². The molecule has 1 atom stereocenters. The highest BCUT2D eigenvalue weighted by atomic mass is 16.5. The molecule has 19 heavy (non-hydrogen) atoms. The Bertz CT molecular complexity index is 436. The van der Waals surface area contributed by atoms with Gasteiger partial charge in [0.1, 0.15) is 5.75 Å². The van der Waals surface area contributed by atoms with Crippen LogP contribution < -0.4 is 10.1 Å². The first-order valence-electron chi connectivity index (χ1n) is 7.18. The van der Waals surface area contributed by atoms with E-state index in [9.17, 15) is 0 Å². The van der Waals surface area contributed by atoms with Crippen molar-refractivity contribution < 1.29 is 4.74 Å². The summed E-state index contributed by atoms with van der Waals surface area (Å²) < 4.78 is 5.43. The molecule has 2 rings (SSSR count). The lowest BCUT2D eigenvalue weighted by atomic mass is 10.0. The lowest BCUT2D eigenvalue weighted by Crippen LogP contribution is -2.23. The highest BCUT2D eigenvalue weighted by molar-refractivity contribution is 5.35. The van der Waals surface area contributed by atoms with Gasteiger partial charge in [-0.2, -0.15) is 0 Å². The molecule has 0 amide bonds. The maximum absolute atomic E-state index is 5.43. The number of ether oxygens (including phenoxy) is 1. The van der Waals surface area contributed by atoms with E-state index in [1.807, 2.05) is 12.1 Å². The molecule has 0 aromatic heterocycles. The summed E-state index contributed by atoms with van der Waals surface area (Å²) in [6.07, 6.45) is 0. The molecule has 1 saturated carbocycles. The molecule has 1 fully saturated rings. The molecule has 1 unspecified atom stereocenters. The number of benzene rings is 1. The second-order valence-corrected chi connectivity index (χ2v) is 6.87. The van der Waals surface area contributed by atoms with Crippen LogP contribution in [0.5, 0.6) is 5.75 Å². The Morgan fingerprint density at radius 1 is 1.16 bits per heavy atom. The molecular weight excluding hydrogens is 234 g/mol. The predicted molar refractivity (Wildman–Crippen MR) is 80.5 cm³/mol. The molecule has 1 N–H and O–H groups in total. The number of methoxy groups -OCH3 is 1. The predicted octanol–water partition coefficient (Wildman–Crippen LogP) is 4.03. The molecule has 106 valence electrons. The summed E-state index contributed by atoms with van der Waals surface area (Å²) in [5, 5.41) is 3.67. The van der Waals surface area contributed by atoms with Gasteiger partial charge in [-0.3, -0.25) is 0 Å². The molecule has 1 aromatic carbocycles. The molecule has 0 spiro atoms. The van der Waals surface area contributed by atoms with E-state index in [1.165, 1.54) is 5.56 Å². The van der Waals surface area contributed by atoms with Crippen molar-refractivity contribution in [3.63, 3.8) is 0 Å². The third-order valence-corrected chi connectivity index (χ3v) is 5.55. The van der Waals surface area contributed by atoms with Crippen molar-refractivity contribution in [1.29, 1.82) is 0 Å². The molecule has 0 bridgehead atoms. The van der Waals surface area contributed by atoms with Crippen molar-refractivity contribution in [2.75, 3.05) is 13.7 Å². The molecule has 1 aliphatic rings. The lowest BCUT2D eigenvalue weighted by Gasteiger charge is -2.17. The average molecular weight is 261 g/mol. The third kappa shape index (κ3) is 2.38. The van der Waals surface area contributed by atoms with Gasteiger partial charge in [0.2, 0.25) is 0 Å². The molecule has 0 aliphatic heterocycles. The number of rotatable bonds is 5. The molecule has 0 heterocycles. The topological polar surface area (TPSA) is 21.3 Å². The fourth-order valence-electron chi connectivity index (χ4n) is 3.27. The fourth-order valence-corrected chi connectivity index (χ4v) is 3.27. The Morgan fingerprint density at radius 3 is 2.26 bits per heavy atom. The summed E-state index contributed by atoms with van der Waals surface area (Å²) >= 11 is 0. The highest BCUT2D eigenvalue weighted by Gasteiger charge is 2.63. The van der Waals surface area contributed by atoms with Crippen LogP contribution in [0, 0.1) is 16.7 Å². The lowest BCUT2D eigenvalue weighted by molar-refractivity contribution is 0.398. The van der Waals surface area contributed by atoms with Crippen molar-refractivity contribution in [2.45, 2.75) is 40.7 Å². The second-order valence-electron chi connectivity index (χ2n) is 6.87. The van der Waals surface area contributed by atoms with Crippen molar-refractivity contribution in [2.24, 2.45) is 16.7 Å². The maximum atomic E-state index is 5.43. The molecular formula is C17H27NO. The van der Waals surface area contributed by atoms with E-state index in [4.69, 9.17) is 4.74 Å². The van der Waals surface area contributed by atoms with Gasteiger partial charge in [-0.1, -0.05) is 45.9 Å². The van der Waals surface area contributed by atoms with E-state index in [2.05, 4.69) is 52.1 Å². The monoisotopic (exact) mass is 261 g/mol. The van der Waals surface area contributed by atoms with Gasteiger partial charge in [0.05, 0.1) is 7.11 Å². The molecule has 0 radical (unpaired) electrons. The smallest absolute Gasteiger partial charge is 0.123 e. The zero-order chi connectivity index (χ0) is 14.3. The van der Waals surface area contributed by atoms with Crippen LogP contribution in [0.1, 0.15) is 46.2 Å². The van der Waals surface area contributed by atoms with E-state index in [1.54, 1.807) is 7.11 Å². The quantitative estimate of drug-likeness (QED) is 0.864. The Morgan fingerprint density at radius 2 is 1.74 bits per heavy atom. The summed E-state index contributed by atoms with van der Waals surface area (Å²) in [5.74, 6) is 1.72. The second kappa shape index (κ2) is 4.82. The number of hydrogen-bond acceptors (Lipinski definition) is 2. The summed E-state index contributed by atoms with van der Waals surface area (Å²) in [4.78, 5) is 0. The average Bonchev–Trinajstić information content (AvgIpc) is 2.76. The van der Waals surface area contributed by atoms with Gasteiger partial charge in [0.25, 0.3) is 0 Å². The first kappa shape index (κ1) is 14.4. The van der Waals surface area contributed by atoms with Crippen LogP contribution in [0.2, 0.25) is 0 Å². The minimum Gasteiger partial charge on any atom is -0.496 e. The molecule has 0 saturated heterocycles. The van der Waals surface area contributed by atoms with Crippen LogP contribution in [0.25, 0.3) is 0 Å². The van der Waals surface area contributed by atoms with Crippen LogP contribution >= 0.6 is 0 Å². The zero-order valence-electron chi connectivity index (χ0n) is 13.1. The fraction of sp³-hybridized carbons (Fsp3) is 0.647. The van der Waals surface area contributed by atoms with Crippen LogP contribution in [-0.2, 0) is 0 Å². The van der Waals surface area contributed by atoms with E-state index >= 15 is 0 Å². The van der Waals surface area contributed by atoms with Crippen molar-refractivity contribution in [3.8, 4) is 5.75 Å². The summed E-state index contributed by atoms with van der Waals surface area (Å²) in [6.45, 7) is 12.7. The Balaban J connectivity index is 1.98. The summed E-state index contributed by atoms with van der Waals surface area (Å²) in [5.41, 5.74) is 2.13. The normalized spacial score (nSPS) is 22.0. The Kier molecular flexibility index (Phi) is 3.65. The number of para-hydroxylation sites is 1.